The number of amides is 2. The molecule has 2 amide bonds. The number of rotatable bonds is 8. The predicted molar refractivity (Wildman–Crippen MR) is 123 cm³/mol. The van der Waals surface area contributed by atoms with Crippen LogP contribution in [0.25, 0.3) is 0 Å². The van der Waals surface area contributed by atoms with Crippen LogP contribution in [0.15, 0.2) is 71.8 Å². The van der Waals surface area contributed by atoms with Crippen LogP contribution < -0.4 is 20.8 Å². The second-order valence-corrected chi connectivity index (χ2v) is 7.73. The molecule has 2 aromatic carbocycles. The van der Waals surface area contributed by atoms with E-state index in [1.807, 2.05) is 56.3 Å². The number of benzene rings is 2. The van der Waals surface area contributed by atoms with E-state index in [1.54, 1.807) is 23.8 Å². The first-order chi connectivity index (χ1) is 15.4. The lowest BCUT2D eigenvalue weighted by Gasteiger charge is -2.14. The van der Waals surface area contributed by atoms with Gasteiger partial charge in [-0.1, -0.05) is 42.5 Å². The molecular formula is C25H27N3O4. The molecule has 7 nitrogen and oxygen atoms in total. The minimum absolute atomic E-state index is 0.0632. The Kier molecular flexibility index (Phi) is 7.44. The second kappa shape index (κ2) is 10.4. The monoisotopic (exact) mass is 433 g/mol. The Hall–Kier alpha value is -3.87. The Morgan fingerprint density at radius 1 is 0.906 bits per heavy atom. The molecule has 7 heteroatoms. The SMILES string of the molecule is COc1ccc(CNC(=O)c2cn(Cc3ccccc3)cc(C(=O)NC(C)C)c2=O)cc1. The number of nitrogens with one attached hydrogen (secondary N) is 2. The van der Waals surface area contributed by atoms with Gasteiger partial charge in [0.1, 0.15) is 16.9 Å². The standard InChI is InChI=1S/C25H27N3O4/c1-17(2)27-25(31)22-16-28(14-19-7-5-4-6-8-19)15-21(23(22)29)24(30)26-13-18-9-11-20(32-3)12-10-18/h4-12,15-17H,13-14H2,1-3H3,(H,26,30)(H,27,31). The first kappa shape index (κ1) is 22.8. The fourth-order valence-corrected chi connectivity index (χ4v) is 3.20. The van der Waals surface area contributed by atoms with Crippen LogP contribution in [0, 0.1) is 0 Å². The van der Waals surface area contributed by atoms with Crippen LogP contribution in [0.2, 0.25) is 0 Å². The minimum Gasteiger partial charge on any atom is -0.497 e. The summed E-state index contributed by atoms with van der Waals surface area (Å²) in [5.41, 5.74) is 1.10. The lowest BCUT2D eigenvalue weighted by molar-refractivity contribution is 0.0941. The van der Waals surface area contributed by atoms with Crippen molar-refractivity contribution >= 4 is 11.8 Å². The molecular weight excluding hydrogens is 406 g/mol. The van der Waals surface area contributed by atoms with Gasteiger partial charge in [-0.3, -0.25) is 14.4 Å². The van der Waals surface area contributed by atoms with Crippen LogP contribution in [0.4, 0.5) is 0 Å². The minimum atomic E-state index is -0.598. The van der Waals surface area contributed by atoms with Crippen molar-refractivity contribution in [1.82, 2.24) is 15.2 Å². The third kappa shape index (κ3) is 5.85. The summed E-state index contributed by atoms with van der Waals surface area (Å²) in [7, 11) is 1.58. The van der Waals surface area contributed by atoms with Crippen LogP contribution in [0.1, 0.15) is 45.7 Å². The maximum atomic E-state index is 13.0. The third-order valence-electron chi connectivity index (χ3n) is 4.81. The summed E-state index contributed by atoms with van der Waals surface area (Å²) in [6, 6.07) is 16.7. The lowest BCUT2D eigenvalue weighted by Crippen LogP contribution is -2.37. The number of ether oxygens (including phenoxy) is 1. The first-order valence-corrected chi connectivity index (χ1v) is 10.4. The highest BCUT2D eigenvalue weighted by molar-refractivity contribution is 5.99. The Balaban J connectivity index is 1.89. The van der Waals surface area contributed by atoms with Gasteiger partial charge in [0.2, 0.25) is 5.43 Å². The number of hydrogen-bond donors (Lipinski definition) is 2. The molecule has 0 aliphatic heterocycles. The highest BCUT2D eigenvalue weighted by Crippen LogP contribution is 2.11. The lowest BCUT2D eigenvalue weighted by atomic mass is 10.1. The van der Waals surface area contributed by atoms with Gasteiger partial charge in [-0.25, -0.2) is 0 Å². The molecule has 0 saturated carbocycles. The van der Waals surface area contributed by atoms with E-state index in [-0.39, 0.29) is 23.7 Å². The van der Waals surface area contributed by atoms with E-state index < -0.39 is 17.2 Å². The highest BCUT2D eigenvalue weighted by Gasteiger charge is 2.20. The zero-order chi connectivity index (χ0) is 23.1. The molecule has 0 aliphatic rings. The molecule has 0 spiro atoms. The normalized spacial score (nSPS) is 10.6. The fourth-order valence-electron chi connectivity index (χ4n) is 3.20. The molecule has 1 aromatic heterocycles. The number of nitrogens with zero attached hydrogens (tertiary/aromatic N) is 1. The van der Waals surface area contributed by atoms with Crippen molar-refractivity contribution in [3.05, 3.63) is 99.5 Å². The quantitative estimate of drug-likeness (QED) is 0.572. The number of methoxy groups -OCH3 is 1. The molecule has 1 heterocycles. The van der Waals surface area contributed by atoms with Gasteiger partial charge in [-0.05, 0) is 37.1 Å². The predicted octanol–water partition coefficient (Wildman–Crippen LogP) is 2.97. The summed E-state index contributed by atoms with van der Waals surface area (Å²) in [5, 5.41) is 5.50. The molecule has 0 unspecified atom stereocenters. The van der Waals surface area contributed by atoms with Crippen molar-refractivity contribution in [3.63, 3.8) is 0 Å². The molecule has 166 valence electrons. The zero-order valence-electron chi connectivity index (χ0n) is 18.4. The zero-order valence-corrected chi connectivity index (χ0v) is 18.4. The smallest absolute Gasteiger partial charge is 0.257 e. The van der Waals surface area contributed by atoms with Crippen molar-refractivity contribution in [2.45, 2.75) is 33.0 Å². The maximum Gasteiger partial charge on any atom is 0.257 e. The number of carbonyl (C=O) groups is 2. The van der Waals surface area contributed by atoms with Gasteiger partial charge in [0.05, 0.1) is 7.11 Å². The van der Waals surface area contributed by atoms with Gasteiger partial charge in [-0.15, -0.1) is 0 Å². The second-order valence-electron chi connectivity index (χ2n) is 7.73. The van der Waals surface area contributed by atoms with Crippen LogP contribution in [-0.4, -0.2) is 29.5 Å². The van der Waals surface area contributed by atoms with Crippen molar-refractivity contribution in [3.8, 4) is 5.75 Å². The van der Waals surface area contributed by atoms with Gasteiger partial charge in [0, 0.05) is 31.5 Å². The van der Waals surface area contributed by atoms with E-state index in [1.165, 1.54) is 12.4 Å². The first-order valence-electron chi connectivity index (χ1n) is 10.4. The van der Waals surface area contributed by atoms with Crippen molar-refractivity contribution in [2.24, 2.45) is 0 Å². The molecule has 0 radical (unpaired) electrons. The Bertz CT molecular complexity index is 1140. The molecule has 0 aliphatic carbocycles. The van der Waals surface area contributed by atoms with Crippen molar-refractivity contribution in [2.75, 3.05) is 7.11 Å². The molecule has 0 fully saturated rings. The molecule has 3 aromatic rings. The number of hydrogen-bond acceptors (Lipinski definition) is 4. The van der Waals surface area contributed by atoms with E-state index in [2.05, 4.69) is 10.6 Å². The van der Waals surface area contributed by atoms with E-state index in [0.717, 1.165) is 11.1 Å². The summed E-state index contributed by atoms with van der Waals surface area (Å²) in [4.78, 5) is 38.5. The summed E-state index contributed by atoms with van der Waals surface area (Å²) in [6.07, 6.45) is 2.98. The van der Waals surface area contributed by atoms with Gasteiger partial charge in [0.15, 0.2) is 0 Å². The largest absolute Gasteiger partial charge is 0.497 e. The van der Waals surface area contributed by atoms with Gasteiger partial charge < -0.3 is 19.9 Å². The van der Waals surface area contributed by atoms with Crippen molar-refractivity contribution in [1.29, 1.82) is 0 Å². The summed E-state index contributed by atoms with van der Waals surface area (Å²) >= 11 is 0. The molecule has 0 atom stereocenters. The van der Waals surface area contributed by atoms with E-state index in [0.29, 0.717) is 12.3 Å². The molecule has 32 heavy (non-hydrogen) atoms. The number of carbonyl (C=O) groups excluding carboxylic acids is 2. The third-order valence-corrected chi connectivity index (χ3v) is 4.81. The maximum absolute atomic E-state index is 13.0. The Morgan fingerprint density at radius 3 is 2.12 bits per heavy atom. The van der Waals surface area contributed by atoms with Crippen molar-refractivity contribution < 1.29 is 14.3 Å². The Morgan fingerprint density at radius 2 is 1.53 bits per heavy atom. The fraction of sp³-hybridized carbons (Fsp3) is 0.240. The van der Waals surface area contributed by atoms with Crippen LogP contribution in [0.5, 0.6) is 5.75 Å². The average Bonchev–Trinajstić information content (AvgIpc) is 2.79. The summed E-state index contributed by atoms with van der Waals surface area (Å²) < 4.78 is 6.82. The topological polar surface area (TPSA) is 89.4 Å². The number of pyridine rings is 1. The van der Waals surface area contributed by atoms with Gasteiger partial charge in [-0.2, -0.15) is 0 Å². The molecule has 2 N–H and O–H groups in total. The number of aromatic nitrogens is 1. The van der Waals surface area contributed by atoms with E-state index in [4.69, 9.17) is 4.74 Å². The Labute approximate surface area is 187 Å². The van der Waals surface area contributed by atoms with Gasteiger partial charge in [0.25, 0.3) is 11.8 Å². The van der Waals surface area contributed by atoms with Crippen LogP contribution >= 0.6 is 0 Å². The molecule has 0 bridgehead atoms. The summed E-state index contributed by atoms with van der Waals surface area (Å²) in [6.45, 7) is 4.28. The molecule has 3 rings (SSSR count). The average molecular weight is 434 g/mol. The van der Waals surface area contributed by atoms with Crippen LogP contribution in [-0.2, 0) is 13.1 Å². The van der Waals surface area contributed by atoms with Gasteiger partial charge >= 0.3 is 0 Å². The highest BCUT2D eigenvalue weighted by atomic mass is 16.5. The van der Waals surface area contributed by atoms with E-state index >= 15 is 0 Å². The molecule has 0 saturated heterocycles. The van der Waals surface area contributed by atoms with Crippen LogP contribution in [0.3, 0.4) is 0 Å². The van der Waals surface area contributed by atoms with E-state index in [9.17, 15) is 14.4 Å². The summed E-state index contributed by atoms with van der Waals surface area (Å²) in [5.74, 6) is -0.323.